The second-order valence-corrected chi connectivity index (χ2v) is 5.83. The molecule has 0 aliphatic heterocycles. The summed E-state index contributed by atoms with van der Waals surface area (Å²) in [5.74, 6) is 0. The molecule has 1 aromatic heterocycles. The average molecular weight is 309 g/mol. The van der Waals surface area contributed by atoms with Gasteiger partial charge in [0.2, 0.25) is 0 Å². The second kappa shape index (κ2) is 10.5. The minimum absolute atomic E-state index is 0.914. The topological polar surface area (TPSA) is 41.6 Å². The maximum Gasteiger partial charge on any atom is 0.112 e. The van der Waals surface area contributed by atoms with Crippen molar-refractivity contribution in [2.75, 3.05) is 0 Å². The lowest BCUT2D eigenvalue weighted by Gasteiger charge is -2.01. The Morgan fingerprint density at radius 2 is 1.48 bits per heavy atom. The number of rotatable bonds is 7. The first kappa shape index (κ1) is 17.2. The van der Waals surface area contributed by atoms with Crippen molar-refractivity contribution in [3.8, 4) is 0 Å². The molecule has 0 saturated carbocycles. The summed E-state index contributed by atoms with van der Waals surface area (Å²) in [7, 11) is 0. The molecule has 0 fully saturated rings. The molecule has 0 spiro atoms. The van der Waals surface area contributed by atoms with E-state index in [1.807, 2.05) is 24.3 Å². The third kappa shape index (κ3) is 6.64. The van der Waals surface area contributed by atoms with Gasteiger partial charge < -0.3 is 0 Å². The summed E-state index contributed by atoms with van der Waals surface area (Å²) in [6.45, 7) is 2.27. The van der Waals surface area contributed by atoms with Gasteiger partial charge in [0.25, 0.3) is 0 Å². The number of para-hydroxylation sites is 1. The zero-order valence-electron chi connectivity index (χ0n) is 14.0. The summed E-state index contributed by atoms with van der Waals surface area (Å²) in [5, 5.41) is 10.2. The molecule has 1 N–H and O–H groups in total. The summed E-state index contributed by atoms with van der Waals surface area (Å²) in [5.41, 5.74) is 3.39. The van der Waals surface area contributed by atoms with Crippen molar-refractivity contribution in [3.63, 3.8) is 0 Å². The Labute approximate surface area is 139 Å². The Hall–Kier alpha value is -2.16. The molecule has 3 aromatic rings. The van der Waals surface area contributed by atoms with Crippen LogP contribution in [0.1, 0.15) is 51.0 Å². The first-order valence-electron chi connectivity index (χ1n) is 8.70. The summed E-state index contributed by atoms with van der Waals surface area (Å²) < 4.78 is 0. The Morgan fingerprint density at radius 1 is 0.783 bits per heavy atom. The van der Waals surface area contributed by atoms with Crippen LogP contribution in [0.2, 0.25) is 0 Å². The van der Waals surface area contributed by atoms with Crippen molar-refractivity contribution < 1.29 is 0 Å². The number of H-pyrrole nitrogens is 1. The van der Waals surface area contributed by atoms with Gasteiger partial charge in [0.05, 0.1) is 5.52 Å². The molecule has 0 saturated heterocycles. The Kier molecular flexibility index (Phi) is 7.89. The van der Waals surface area contributed by atoms with Gasteiger partial charge in [-0.05, 0) is 30.5 Å². The van der Waals surface area contributed by atoms with E-state index >= 15 is 0 Å². The molecule has 2 aromatic carbocycles. The normalized spacial score (nSPS) is 10.3. The predicted octanol–water partition coefficient (Wildman–Crippen LogP) is 5.55. The van der Waals surface area contributed by atoms with Gasteiger partial charge in [0.15, 0.2) is 0 Å². The van der Waals surface area contributed by atoms with E-state index in [0.29, 0.717) is 0 Å². The van der Waals surface area contributed by atoms with E-state index in [-0.39, 0.29) is 0 Å². The molecule has 23 heavy (non-hydrogen) atoms. The molecular weight excluding hydrogens is 282 g/mol. The van der Waals surface area contributed by atoms with Gasteiger partial charge in [-0.3, -0.25) is 5.10 Å². The monoisotopic (exact) mass is 309 g/mol. The molecular formula is C20H27N3. The Bertz CT molecular complexity index is 616. The zero-order valence-corrected chi connectivity index (χ0v) is 14.0. The largest absolute Gasteiger partial charge is 0.258 e. The standard InChI is InChI=1S/C14H22.C6H5N3/c1-2-3-4-5-6-8-11-14-12-9-7-10-13-14;1-2-4-6-5(3-1)7-9-8-6/h7,9-10,12-13H,2-6,8,11H2,1H3;1-4H,(H,7,8,9). The highest BCUT2D eigenvalue weighted by Gasteiger charge is 1.92. The minimum Gasteiger partial charge on any atom is -0.258 e. The van der Waals surface area contributed by atoms with E-state index in [2.05, 4.69) is 52.7 Å². The summed E-state index contributed by atoms with van der Waals surface area (Å²) in [4.78, 5) is 0. The van der Waals surface area contributed by atoms with Gasteiger partial charge in [-0.25, -0.2) is 0 Å². The molecule has 0 bridgehead atoms. The van der Waals surface area contributed by atoms with Crippen LogP contribution in [0.15, 0.2) is 54.6 Å². The van der Waals surface area contributed by atoms with Gasteiger partial charge in [0, 0.05) is 0 Å². The first-order valence-corrected chi connectivity index (χ1v) is 8.70. The lowest BCUT2D eigenvalue weighted by molar-refractivity contribution is 0.607. The third-order valence-electron chi connectivity index (χ3n) is 3.89. The molecule has 0 aliphatic carbocycles. The van der Waals surface area contributed by atoms with Crippen LogP contribution < -0.4 is 0 Å². The van der Waals surface area contributed by atoms with E-state index in [9.17, 15) is 0 Å². The van der Waals surface area contributed by atoms with Crippen molar-refractivity contribution >= 4 is 11.0 Å². The molecule has 3 nitrogen and oxygen atoms in total. The second-order valence-electron chi connectivity index (χ2n) is 5.83. The molecule has 0 amide bonds. The zero-order chi connectivity index (χ0) is 16.2. The smallest absolute Gasteiger partial charge is 0.112 e. The van der Waals surface area contributed by atoms with Crippen LogP contribution in [0.5, 0.6) is 0 Å². The average Bonchev–Trinajstić information content (AvgIpc) is 3.08. The number of benzene rings is 2. The number of hydrogen-bond acceptors (Lipinski definition) is 2. The highest BCUT2D eigenvalue weighted by molar-refractivity contribution is 5.72. The highest BCUT2D eigenvalue weighted by atomic mass is 15.3. The van der Waals surface area contributed by atoms with E-state index in [1.54, 1.807) is 0 Å². The van der Waals surface area contributed by atoms with Gasteiger partial charge in [-0.2, -0.15) is 0 Å². The van der Waals surface area contributed by atoms with Gasteiger partial charge in [-0.1, -0.05) is 86.7 Å². The summed E-state index contributed by atoms with van der Waals surface area (Å²) in [6, 6.07) is 18.5. The highest BCUT2D eigenvalue weighted by Crippen LogP contribution is 2.09. The molecule has 0 atom stereocenters. The number of unbranched alkanes of at least 4 members (excludes halogenated alkanes) is 5. The summed E-state index contributed by atoms with van der Waals surface area (Å²) in [6.07, 6.45) is 9.60. The number of hydrogen-bond donors (Lipinski definition) is 1. The quantitative estimate of drug-likeness (QED) is 0.581. The van der Waals surface area contributed by atoms with Gasteiger partial charge in [0.1, 0.15) is 5.52 Å². The molecule has 3 rings (SSSR count). The van der Waals surface area contributed by atoms with Crippen molar-refractivity contribution in [1.82, 2.24) is 15.4 Å². The van der Waals surface area contributed by atoms with E-state index in [4.69, 9.17) is 0 Å². The maximum atomic E-state index is 3.81. The number of nitrogens with zero attached hydrogens (tertiary/aromatic N) is 2. The van der Waals surface area contributed by atoms with Crippen LogP contribution in [0, 0.1) is 0 Å². The number of aromatic nitrogens is 3. The molecule has 0 radical (unpaired) electrons. The number of aryl methyl sites for hydroxylation is 1. The van der Waals surface area contributed by atoms with Crippen molar-refractivity contribution in [2.24, 2.45) is 0 Å². The molecule has 3 heteroatoms. The fraction of sp³-hybridized carbons (Fsp3) is 0.400. The van der Waals surface area contributed by atoms with Crippen LogP contribution in [0.3, 0.4) is 0 Å². The Balaban J connectivity index is 0.000000182. The van der Waals surface area contributed by atoms with E-state index in [0.717, 1.165) is 11.0 Å². The van der Waals surface area contributed by atoms with Crippen LogP contribution >= 0.6 is 0 Å². The van der Waals surface area contributed by atoms with Crippen LogP contribution in [-0.4, -0.2) is 15.4 Å². The van der Waals surface area contributed by atoms with Crippen LogP contribution in [0.25, 0.3) is 11.0 Å². The molecule has 122 valence electrons. The lowest BCUT2D eigenvalue weighted by atomic mass is 10.1. The number of nitrogens with one attached hydrogen (secondary N) is 1. The third-order valence-corrected chi connectivity index (χ3v) is 3.89. The van der Waals surface area contributed by atoms with Crippen LogP contribution in [0.4, 0.5) is 0 Å². The van der Waals surface area contributed by atoms with Gasteiger partial charge >= 0.3 is 0 Å². The van der Waals surface area contributed by atoms with E-state index < -0.39 is 0 Å². The minimum atomic E-state index is 0.914. The van der Waals surface area contributed by atoms with Crippen molar-refractivity contribution in [2.45, 2.75) is 51.9 Å². The molecule has 0 unspecified atom stereocenters. The van der Waals surface area contributed by atoms with E-state index in [1.165, 1.54) is 50.5 Å². The van der Waals surface area contributed by atoms with Crippen molar-refractivity contribution in [1.29, 1.82) is 0 Å². The SMILES string of the molecule is CCCCCCCCc1ccccc1.c1ccc2[nH]nnc2c1. The van der Waals surface area contributed by atoms with Gasteiger partial charge in [-0.15, -0.1) is 5.10 Å². The fourth-order valence-corrected chi connectivity index (χ4v) is 2.54. The first-order chi connectivity index (χ1) is 11.4. The van der Waals surface area contributed by atoms with Crippen molar-refractivity contribution in [3.05, 3.63) is 60.2 Å². The molecule has 0 aliphatic rings. The Morgan fingerprint density at radius 3 is 2.26 bits per heavy atom. The fourth-order valence-electron chi connectivity index (χ4n) is 2.54. The summed E-state index contributed by atoms with van der Waals surface area (Å²) >= 11 is 0. The number of aromatic amines is 1. The lowest BCUT2D eigenvalue weighted by Crippen LogP contribution is -1.85. The van der Waals surface area contributed by atoms with Crippen LogP contribution in [-0.2, 0) is 6.42 Å². The predicted molar refractivity (Wildman–Crippen MR) is 97.4 cm³/mol. The number of fused-ring (bicyclic) bond motifs is 1. The maximum absolute atomic E-state index is 3.81. The molecule has 1 heterocycles.